The molecule has 1 N–H and O–H groups in total. The van der Waals surface area contributed by atoms with E-state index in [-0.39, 0.29) is 0 Å². The standard InChI is InChI=1S/C16H35NO2/c1-4-6-7-8-9-10-11-12-16(17-5-2)15-19-14-13-18-3/h16-17H,4-15H2,1-3H3. The van der Waals surface area contributed by atoms with E-state index in [2.05, 4.69) is 19.2 Å². The van der Waals surface area contributed by atoms with Crippen LogP contribution in [0.25, 0.3) is 0 Å². The van der Waals surface area contributed by atoms with Gasteiger partial charge in [-0.25, -0.2) is 0 Å². The summed E-state index contributed by atoms with van der Waals surface area (Å²) in [7, 11) is 1.71. The molecule has 0 saturated heterocycles. The molecule has 1 unspecified atom stereocenters. The van der Waals surface area contributed by atoms with Crippen LogP contribution in [0.2, 0.25) is 0 Å². The molecular weight excluding hydrogens is 238 g/mol. The van der Waals surface area contributed by atoms with Gasteiger partial charge in [0.1, 0.15) is 0 Å². The van der Waals surface area contributed by atoms with E-state index in [1.807, 2.05) is 0 Å². The van der Waals surface area contributed by atoms with E-state index in [1.54, 1.807) is 7.11 Å². The first-order valence-corrected chi connectivity index (χ1v) is 8.15. The molecule has 3 heteroatoms. The van der Waals surface area contributed by atoms with Crippen LogP contribution < -0.4 is 5.32 Å². The first kappa shape index (κ1) is 18.9. The molecule has 116 valence electrons. The van der Waals surface area contributed by atoms with Gasteiger partial charge in [0.15, 0.2) is 0 Å². The molecule has 0 aromatic heterocycles. The number of methoxy groups -OCH3 is 1. The summed E-state index contributed by atoms with van der Waals surface area (Å²) in [4.78, 5) is 0. The average Bonchev–Trinajstić information content (AvgIpc) is 2.42. The second-order valence-corrected chi connectivity index (χ2v) is 5.23. The smallest absolute Gasteiger partial charge is 0.0701 e. The largest absolute Gasteiger partial charge is 0.382 e. The number of ether oxygens (including phenoxy) is 2. The van der Waals surface area contributed by atoms with E-state index in [1.165, 1.54) is 51.4 Å². The van der Waals surface area contributed by atoms with Gasteiger partial charge in [-0.2, -0.15) is 0 Å². The third-order valence-electron chi connectivity index (χ3n) is 3.40. The van der Waals surface area contributed by atoms with Crippen molar-refractivity contribution in [2.75, 3.05) is 33.5 Å². The summed E-state index contributed by atoms with van der Waals surface area (Å²) in [5.74, 6) is 0. The van der Waals surface area contributed by atoms with Crippen molar-refractivity contribution in [3.05, 3.63) is 0 Å². The minimum absolute atomic E-state index is 0.512. The molecule has 19 heavy (non-hydrogen) atoms. The van der Waals surface area contributed by atoms with Gasteiger partial charge in [-0.3, -0.25) is 0 Å². The summed E-state index contributed by atoms with van der Waals surface area (Å²) in [6.45, 7) is 7.66. The number of hydrogen-bond donors (Lipinski definition) is 1. The Morgan fingerprint density at radius 3 is 2.21 bits per heavy atom. The van der Waals surface area contributed by atoms with E-state index in [0.29, 0.717) is 19.3 Å². The lowest BCUT2D eigenvalue weighted by atomic mass is 10.1. The fourth-order valence-corrected chi connectivity index (χ4v) is 2.25. The molecule has 0 aliphatic carbocycles. The maximum absolute atomic E-state index is 5.61. The fourth-order valence-electron chi connectivity index (χ4n) is 2.25. The van der Waals surface area contributed by atoms with Crippen molar-refractivity contribution in [1.82, 2.24) is 5.32 Å². The van der Waals surface area contributed by atoms with Gasteiger partial charge < -0.3 is 14.8 Å². The van der Waals surface area contributed by atoms with Gasteiger partial charge in [0.2, 0.25) is 0 Å². The highest BCUT2D eigenvalue weighted by atomic mass is 16.5. The highest BCUT2D eigenvalue weighted by molar-refractivity contribution is 4.65. The summed E-state index contributed by atoms with van der Waals surface area (Å²) in [6.07, 6.45) is 10.9. The summed E-state index contributed by atoms with van der Waals surface area (Å²) in [5, 5.41) is 3.50. The molecule has 0 aromatic carbocycles. The summed E-state index contributed by atoms with van der Waals surface area (Å²) in [5.41, 5.74) is 0. The second-order valence-electron chi connectivity index (χ2n) is 5.23. The van der Waals surface area contributed by atoms with Crippen LogP contribution in [-0.2, 0) is 9.47 Å². The Kier molecular flexibility index (Phi) is 15.8. The molecular formula is C16H35NO2. The van der Waals surface area contributed by atoms with Crippen LogP contribution in [0.15, 0.2) is 0 Å². The minimum Gasteiger partial charge on any atom is -0.382 e. The summed E-state index contributed by atoms with van der Waals surface area (Å²) in [6, 6.07) is 0.512. The number of rotatable bonds is 15. The number of likely N-dealkylation sites (N-methyl/N-ethyl adjacent to an activating group) is 1. The second kappa shape index (κ2) is 15.9. The molecule has 0 radical (unpaired) electrons. The van der Waals surface area contributed by atoms with Crippen LogP contribution in [0.5, 0.6) is 0 Å². The van der Waals surface area contributed by atoms with Crippen molar-refractivity contribution < 1.29 is 9.47 Å². The van der Waals surface area contributed by atoms with Crippen LogP contribution >= 0.6 is 0 Å². The van der Waals surface area contributed by atoms with Gasteiger partial charge in [-0.15, -0.1) is 0 Å². The van der Waals surface area contributed by atoms with Gasteiger partial charge in [0, 0.05) is 13.2 Å². The zero-order valence-electron chi connectivity index (χ0n) is 13.4. The first-order valence-electron chi connectivity index (χ1n) is 8.15. The predicted octanol–water partition coefficient (Wildman–Crippen LogP) is 3.77. The Labute approximate surface area is 120 Å². The van der Waals surface area contributed by atoms with Gasteiger partial charge in [0.05, 0.1) is 19.8 Å². The topological polar surface area (TPSA) is 30.5 Å². The Hall–Kier alpha value is -0.120. The molecule has 0 amide bonds. The van der Waals surface area contributed by atoms with E-state index in [4.69, 9.17) is 9.47 Å². The van der Waals surface area contributed by atoms with E-state index in [9.17, 15) is 0 Å². The van der Waals surface area contributed by atoms with E-state index < -0.39 is 0 Å². The van der Waals surface area contributed by atoms with Crippen molar-refractivity contribution >= 4 is 0 Å². The zero-order chi connectivity index (χ0) is 14.2. The quantitative estimate of drug-likeness (QED) is 0.461. The third kappa shape index (κ3) is 14.1. The van der Waals surface area contributed by atoms with Crippen molar-refractivity contribution in [3.8, 4) is 0 Å². The average molecular weight is 273 g/mol. The maximum atomic E-state index is 5.61. The lowest BCUT2D eigenvalue weighted by Crippen LogP contribution is -2.33. The third-order valence-corrected chi connectivity index (χ3v) is 3.40. The van der Waals surface area contributed by atoms with Crippen molar-refractivity contribution in [2.45, 2.75) is 71.3 Å². The lowest BCUT2D eigenvalue weighted by Gasteiger charge is -2.17. The molecule has 0 aliphatic rings. The van der Waals surface area contributed by atoms with E-state index >= 15 is 0 Å². The first-order chi connectivity index (χ1) is 9.35. The molecule has 3 nitrogen and oxygen atoms in total. The molecule has 0 heterocycles. The van der Waals surface area contributed by atoms with Crippen molar-refractivity contribution in [3.63, 3.8) is 0 Å². The fraction of sp³-hybridized carbons (Fsp3) is 1.00. The van der Waals surface area contributed by atoms with Crippen LogP contribution in [-0.4, -0.2) is 39.5 Å². The SMILES string of the molecule is CCCCCCCCCC(COCCOC)NCC. The molecule has 0 aliphatic heterocycles. The Bertz CT molecular complexity index is 165. The van der Waals surface area contributed by atoms with Crippen LogP contribution in [0.1, 0.15) is 65.2 Å². The maximum Gasteiger partial charge on any atom is 0.0701 e. The van der Waals surface area contributed by atoms with Crippen LogP contribution in [0.4, 0.5) is 0 Å². The summed E-state index contributed by atoms with van der Waals surface area (Å²) >= 11 is 0. The van der Waals surface area contributed by atoms with Crippen molar-refractivity contribution in [1.29, 1.82) is 0 Å². The molecule has 0 fully saturated rings. The monoisotopic (exact) mass is 273 g/mol. The zero-order valence-corrected chi connectivity index (χ0v) is 13.4. The van der Waals surface area contributed by atoms with Gasteiger partial charge in [0.25, 0.3) is 0 Å². The number of nitrogens with one attached hydrogen (secondary N) is 1. The minimum atomic E-state index is 0.512. The Morgan fingerprint density at radius 1 is 0.895 bits per heavy atom. The summed E-state index contributed by atoms with van der Waals surface area (Å²) < 4.78 is 10.6. The molecule has 1 atom stereocenters. The molecule has 0 rings (SSSR count). The highest BCUT2D eigenvalue weighted by Crippen LogP contribution is 2.10. The van der Waals surface area contributed by atoms with Gasteiger partial charge in [-0.1, -0.05) is 58.8 Å². The molecule has 0 aromatic rings. The van der Waals surface area contributed by atoms with Gasteiger partial charge in [-0.05, 0) is 13.0 Å². The van der Waals surface area contributed by atoms with Crippen LogP contribution in [0, 0.1) is 0 Å². The lowest BCUT2D eigenvalue weighted by molar-refractivity contribution is 0.0573. The Balaban J connectivity index is 3.42. The molecule has 0 bridgehead atoms. The van der Waals surface area contributed by atoms with E-state index in [0.717, 1.165) is 13.2 Å². The molecule has 0 spiro atoms. The molecule has 0 saturated carbocycles. The van der Waals surface area contributed by atoms with Crippen LogP contribution in [0.3, 0.4) is 0 Å². The highest BCUT2D eigenvalue weighted by Gasteiger charge is 2.06. The Morgan fingerprint density at radius 2 is 1.58 bits per heavy atom. The van der Waals surface area contributed by atoms with Gasteiger partial charge >= 0.3 is 0 Å². The number of unbranched alkanes of at least 4 members (excludes halogenated alkanes) is 6. The predicted molar refractivity (Wildman–Crippen MR) is 82.8 cm³/mol. The normalized spacial score (nSPS) is 12.8. The van der Waals surface area contributed by atoms with Crippen molar-refractivity contribution in [2.24, 2.45) is 0 Å². The number of hydrogen-bond acceptors (Lipinski definition) is 3.